The highest BCUT2D eigenvalue weighted by Crippen LogP contribution is 2.23. The summed E-state index contributed by atoms with van der Waals surface area (Å²) in [4.78, 5) is 78.4. The summed E-state index contributed by atoms with van der Waals surface area (Å²) in [6, 6.07) is 0.723. The summed E-state index contributed by atoms with van der Waals surface area (Å²) in [6.07, 6.45) is 7.22. The number of nitrogens with zero attached hydrogens (tertiary/aromatic N) is 9. The first-order valence-corrected chi connectivity index (χ1v) is 30.6. The molecule has 0 aromatic heterocycles. The quantitative estimate of drug-likeness (QED) is 0.205. The standard InChI is InChI=1S/C15H30N4O.C14H27N3O3.C11H22N2O.C11H23NO.C11H25N/c1-15(2,3)16-14(20)19-11-9-18(10-12-19)13-5-7-17(4)8-6-13;1-13(2,3)15-11(18)16-7-9-17(10-8-16)12(19)20-14(4,5)6;1-11(2,3)9-10(14)13-7-5-12(4)6-8-13;1-6-12(7-2)10(13)8-9-11(3,4)5;1-6-12(7-2)10-8-9-11(3,4)5/h13H,5-12H2,1-4H3,(H,16,20);7-10H2,1-6H3,(H,15,18);5-9H2,1-4H3;6-9H2,1-5H3;6-10H2,1-5H3. The summed E-state index contributed by atoms with van der Waals surface area (Å²) in [6.45, 7) is 63.1. The zero-order chi connectivity index (χ0) is 61.2. The lowest BCUT2D eigenvalue weighted by Gasteiger charge is -2.42. The van der Waals surface area contributed by atoms with Gasteiger partial charge in [-0.2, -0.15) is 0 Å². The van der Waals surface area contributed by atoms with Gasteiger partial charge in [-0.25, -0.2) is 14.4 Å². The van der Waals surface area contributed by atoms with Crippen molar-refractivity contribution in [1.29, 1.82) is 0 Å². The second kappa shape index (κ2) is 35.6. The SMILES string of the molecule is CC(C)(C)NC(=O)N1CCN(C(=O)OC(C)(C)C)CC1.CCN(CC)C(=O)CCC(C)(C)C.CCN(CC)CCCC(C)(C)C.CN1CCC(N2CCN(C(=O)NC(C)(C)C)CC2)CC1.CN1CCN(C(=O)CC(C)(C)C)CC1. The van der Waals surface area contributed by atoms with E-state index in [1.807, 2.05) is 90.9 Å². The van der Waals surface area contributed by atoms with Crippen molar-refractivity contribution in [2.75, 3.05) is 138 Å². The smallest absolute Gasteiger partial charge is 0.410 e. The van der Waals surface area contributed by atoms with Gasteiger partial charge in [0.2, 0.25) is 11.8 Å². The summed E-state index contributed by atoms with van der Waals surface area (Å²) in [5.74, 6) is 0.602. The van der Waals surface area contributed by atoms with E-state index in [1.54, 1.807) is 9.80 Å². The van der Waals surface area contributed by atoms with E-state index in [9.17, 15) is 24.0 Å². The van der Waals surface area contributed by atoms with Gasteiger partial charge in [0.05, 0.1) is 0 Å². The molecular weight excluding hydrogens is 995 g/mol. The number of piperazine rings is 3. The van der Waals surface area contributed by atoms with Crippen molar-refractivity contribution in [1.82, 2.24) is 54.7 Å². The highest BCUT2D eigenvalue weighted by atomic mass is 16.6. The number of likely N-dealkylation sites (tertiary alicyclic amines) is 1. The third-order valence-electron chi connectivity index (χ3n) is 14.0. The van der Waals surface area contributed by atoms with Gasteiger partial charge in [0.25, 0.3) is 0 Å². The molecule has 7 amide bonds. The highest BCUT2D eigenvalue weighted by Gasteiger charge is 2.31. The lowest BCUT2D eigenvalue weighted by atomic mass is 9.90. The van der Waals surface area contributed by atoms with Crippen LogP contribution < -0.4 is 10.6 Å². The van der Waals surface area contributed by atoms with Crippen LogP contribution in [0.3, 0.4) is 0 Å². The molecule has 4 fully saturated rings. The van der Waals surface area contributed by atoms with Crippen LogP contribution >= 0.6 is 0 Å². The van der Waals surface area contributed by atoms with Crippen LogP contribution in [-0.2, 0) is 14.3 Å². The first-order chi connectivity index (χ1) is 36.1. The van der Waals surface area contributed by atoms with Gasteiger partial charge in [-0.3, -0.25) is 14.5 Å². The minimum absolute atomic E-state index is 0.0821. The van der Waals surface area contributed by atoms with E-state index in [-0.39, 0.29) is 40.1 Å². The van der Waals surface area contributed by atoms with Gasteiger partial charge >= 0.3 is 18.2 Å². The average molecular weight is 1120 g/mol. The Labute approximate surface area is 486 Å². The second-order valence-electron chi connectivity index (χ2n) is 29.1. The zero-order valence-corrected chi connectivity index (χ0v) is 55.9. The molecule has 0 saturated carbocycles. The number of amides is 7. The lowest BCUT2D eigenvalue weighted by Crippen LogP contribution is -2.57. The molecular formula is C62H127N11O6. The molecule has 4 aliphatic heterocycles. The number of ether oxygens (including phenoxy) is 1. The third kappa shape index (κ3) is 38.1. The summed E-state index contributed by atoms with van der Waals surface area (Å²) >= 11 is 0. The second-order valence-corrected chi connectivity index (χ2v) is 29.1. The van der Waals surface area contributed by atoms with Crippen LogP contribution in [0, 0.1) is 16.2 Å². The fraction of sp³-hybridized carbons (Fsp3) is 0.919. The number of nitrogens with one attached hydrogen (secondary N) is 2. The molecule has 79 heavy (non-hydrogen) atoms. The molecule has 0 bridgehead atoms. The maximum Gasteiger partial charge on any atom is 0.410 e. The number of likely N-dealkylation sites (N-methyl/N-ethyl adjacent to an activating group) is 1. The monoisotopic (exact) mass is 1120 g/mol. The molecule has 4 aliphatic rings. The van der Waals surface area contributed by atoms with E-state index in [1.165, 1.54) is 58.4 Å². The number of urea groups is 2. The minimum atomic E-state index is -0.488. The molecule has 4 rings (SSSR count). The van der Waals surface area contributed by atoms with Crippen LogP contribution in [0.15, 0.2) is 0 Å². The molecule has 0 atom stereocenters. The molecule has 17 heteroatoms. The van der Waals surface area contributed by atoms with E-state index in [2.05, 4.69) is 120 Å². The Morgan fingerprint density at radius 2 is 0.873 bits per heavy atom. The summed E-state index contributed by atoms with van der Waals surface area (Å²) in [5.41, 5.74) is -0.00419. The van der Waals surface area contributed by atoms with Crippen LogP contribution in [0.4, 0.5) is 14.4 Å². The molecule has 0 radical (unpaired) electrons. The largest absolute Gasteiger partial charge is 0.444 e. The number of hydrogen-bond donors (Lipinski definition) is 2. The van der Waals surface area contributed by atoms with Crippen molar-refractivity contribution in [3.63, 3.8) is 0 Å². The predicted molar refractivity (Wildman–Crippen MR) is 331 cm³/mol. The number of hydrogen-bond acceptors (Lipinski definition) is 10. The van der Waals surface area contributed by atoms with Crippen molar-refractivity contribution < 1.29 is 28.7 Å². The van der Waals surface area contributed by atoms with Gasteiger partial charge in [-0.1, -0.05) is 76.2 Å². The minimum Gasteiger partial charge on any atom is -0.444 e. The molecule has 4 heterocycles. The van der Waals surface area contributed by atoms with E-state index < -0.39 is 5.60 Å². The van der Waals surface area contributed by atoms with Gasteiger partial charge in [0.1, 0.15) is 5.60 Å². The van der Waals surface area contributed by atoms with Gasteiger partial charge in [0, 0.05) is 122 Å². The third-order valence-corrected chi connectivity index (χ3v) is 14.0. The van der Waals surface area contributed by atoms with Crippen molar-refractivity contribution >= 4 is 30.0 Å². The van der Waals surface area contributed by atoms with Crippen LogP contribution in [-0.4, -0.2) is 235 Å². The molecule has 466 valence electrons. The summed E-state index contributed by atoms with van der Waals surface area (Å²) in [7, 11) is 4.30. The Hall–Kier alpha value is -3.41. The fourth-order valence-corrected chi connectivity index (χ4v) is 9.08. The molecule has 0 aromatic rings. The Bertz CT molecular complexity index is 1660. The van der Waals surface area contributed by atoms with Crippen molar-refractivity contribution in [2.24, 2.45) is 16.2 Å². The van der Waals surface area contributed by atoms with Crippen molar-refractivity contribution in [2.45, 2.75) is 220 Å². The Morgan fingerprint density at radius 3 is 1.24 bits per heavy atom. The number of piperidine rings is 1. The van der Waals surface area contributed by atoms with Gasteiger partial charge in [-0.15, -0.1) is 0 Å². The number of carbonyl (C=O) groups excluding carboxylic acids is 5. The van der Waals surface area contributed by atoms with Gasteiger partial charge in [-0.05, 0) is 171 Å². The zero-order valence-electron chi connectivity index (χ0n) is 55.9. The predicted octanol–water partition coefficient (Wildman–Crippen LogP) is 10.3. The van der Waals surface area contributed by atoms with Crippen molar-refractivity contribution in [3.8, 4) is 0 Å². The summed E-state index contributed by atoms with van der Waals surface area (Å²) < 4.78 is 5.32. The normalized spacial score (nSPS) is 17.6. The maximum atomic E-state index is 12.1. The number of carbonyl (C=O) groups is 5. The van der Waals surface area contributed by atoms with E-state index in [4.69, 9.17) is 4.74 Å². The lowest BCUT2D eigenvalue weighted by molar-refractivity contribution is -0.134. The van der Waals surface area contributed by atoms with E-state index in [0.717, 1.165) is 77.9 Å². The topological polar surface area (TPSA) is 148 Å². The first kappa shape index (κ1) is 75.6. The van der Waals surface area contributed by atoms with Gasteiger partial charge in [0.15, 0.2) is 0 Å². The molecule has 0 spiro atoms. The summed E-state index contributed by atoms with van der Waals surface area (Å²) in [5, 5.41) is 5.97. The molecule has 4 saturated heterocycles. The first-order valence-electron chi connectivity index (χ1n) is 30.6. The average Bonchev–Trinajstić information content (AvgIpc) is 3.31. The van der Waals surface area contributed by atoms with E-state index in [0.29, 0.717) is 56.3 Å². The molecule has 0 aliphatic carbocycles. The van der Waals surface area contributed by atoms with Crippen LogP contribution in [0.2, 0.25) is 0 Å². The molecule has 0 unspecified atom stereocenters. The maximum absolute atomic E-state index is 12.1. The Balaban J connectivity index is 0.000000980. The van der Waals surface area contributed by atoms with Crippen LogP contribution in [0.1, 0.15) is 197 Å². The molecule has 17 nitrogen and oxygen atoms in total. The van der Waals surface area contributed by atoms with Crippen molar-refractivity contribution in [3.05, 3.63) is 0 Å². The van der Waals surface area contributed by atoms with Gasteiger partial charge < -0.3 is 54.6 Å². The fourth-order valence-electron chi connectivity index (χ4n) is 9.08. The highest BCUT2D eigenvalue weighted by molar-refractivity contribution is 5.77. The molecule has 0 aromatic carbocycles. The van der Waals surface area contributed by atoms with Crippen LogP contribution in [0.25, 0.3) is 0 Å². The van der Waals surface area contributed by atoms with Crippen LogP contribution in [0.5, 0.6) is 0 Å². The Morgan fingerprint density at radius 1 is 0.481 bits per heavy atom. The number of rotatable bonds is 11. The Kier molecular flexibility index (Phi) is 34.0. The molecule has 2 N–H and O–H groups in total. The van der Waals surface area contributed by atoms with E-state index >= 15 is 0 Å².